The number of methoxy groups -OCH3 is 2. The molecule has 3 fully saturated rings. The lowest BCUT2D eigenvalue weighted by Crippen LogP contribution is -2.53. The Bertz CT molecular complexity index is 2200. The number of H-pyrrole nitrogens is 1. The van der Waals surface area contributed by atoms with Crippen LogP contribution >= 0.6 is 8.53 Å². The third kappa shape index (κ3) is 6.85. The fourth-order valence-electron chi connectivity index (χ4n) is 8.75. The quantitative estimate of drug-likeness (QED) is 0.0693. The van der Waals surface area contributed by atoms with Gasteiger partial charge in [0.1, 0.15) is 40.1 Å². The molecule has 0 bridgehead atoms. The topological polar surface area (TPSA) is 137 Å². The van der Waals surface area contributed by atoms with E-state index in [0.29, 0.717) is 28.2 Å². The lowest BCUT2D eigenvalue weighted by molar-refractivity contribution is -0.167. The van der Waals surface area contributed by atoms with E-state index in [4.69, 9.17) is 28.0 Å². The van der Waals surface area contributed by atoms with Gasteiger partial charge in [0, 0.05) is 36.7 Å². The molecule has 15 heteroatoms. The Morgan fingerprint density at radius 3 is 2.05 bits per heavy atom. The van der Waals surface area contributed by atoms with Gasteiger partial charge in [-0.1, -0.05) is 54.6 Å². The summed E-state index contributed by atoms with van der Waals surface area (Å²) in [6, 6.07) is 25.6. The van der Waals surface area contributed by atoms with Crippen LogP contribution in [-0.4, -0.2) is 76.3 Å². The number of nitrogens with zero attached hydrogens (tertiary/aromatic N) is 3. The van der Waals surface area contributed by atoms with Gasteiger partial charge in [-0.05, 0) is 75.6 Å². The van der Waals surface area contributed by atoms with Crippen molar-refractivity contribution in [2.75, 3.05) is 20.8 Å². The van der Waals surface area contributed by atoms with Gasteiger partial charge in [-0.25, -0.2) is 18.2 Å². The summed E-state index contributed by atoms with van der Waals surface area (Å²) in [5, 5.41) is 9.40. The number of benzene rings is 3. The molecule has 58 heavy (non-hydrogen) atoms. The van der Waals surface area contributed by atoms with Crippen molar-refractivity contribution in [3.63, 3.8) is 0 Å². The number of rotatable bonds is 16. The molecule has 7 rings (SSSR count). The van der Waals surface area contributed by atoms with Gasteiger partial charge in [-0.2, -0.15) is 5.26 Å². The second-order valence-corrected chi connectivity index (χ2v) is 17.1. The third-order valence-corrected chi connectivity index (χ3v) is 13.6. The Morgan fingerprint density at radius 1 is 0.948 bits per heavy atom. The van der Waals surface area contributed by atoms with Crippen LogP contribution in [0.15, 0.2) is 94.6 Å². The van der Waals surface area contributed by atoms with Crippen molar-refractivity contribution in [2.45, 2.75) is 107 Å². The summed E-state index contributed by atoms with van der Waals surface area (Å²) in [5.41, 5.74) is -7.10. The molecule has 2 aliphatic carbocycles. The number of aromatic amines is 1. The predicted octanol–water partition coefficient (Wildman–Crippen LogP) is 7.39. The number of alkyl halides is 2. The molecule has 1 N–H and O–H groups in total. The van der Waals surface area contributed by atoms with Crippen LogP contribution in [-0.2, 0) is 24.1 Å². The van der Waals surface area contributed by atoms with Crippen molar-refractivity contribution in [1.82, 2.24) is 14.2 Å². The molecule has 0 radical (unpaired) electrons. The van der Waals surface area contributed by atoms with Gasteiger partial charge < -0.3 is 28.0 Å². The van der Waals surface area contributed by atoms with Gasteiger partial charge in [0.2, 0.25) is 0 Å². The number of nitriles is 1. The molecular weight excluding hydrogens is 769 g/mol. The molecule has 1 unspecified atom stereocenters. The Hall–Kier alpha value is -4.48. The van der Waals surface area contributed by atoms with E-state index in [2.05, 4.69) is 11.1 Å². The maximum absolute atomic E-state index is 18.1. The summed E-state index contributed by atoms with van der Waals surface area (Å²) in [6.07, 6.45) is -4.65. The fourth-order valence-corrected chi connectivity index (χ4v) is 10.6. The van der Waals surface area contributed by atoms with E-state index in [9.17, 15) is 14.9 Å². The number of nitrogens with one attached hydrogen (secondary N) is 1. The average Bonchev–Trinajstić information content (AvgIpc) is 3.59. The zero-order chi connectivity index (χ0) is 41.6. The number of fused-ring (bicyclic) bond motifs is 3. The highest BCUT2D eigenvalue weighted by molar-refractivity contribution is 7.44. The van der Waals surface area contributed by atoms with Gasteiger partial charge in [0.05, 0.1) is 33.3 Å². The summed E-state index contributed by atoms with van der Waals surface area (Å²) in [4.78, 5) is 28.1. The lowest BCUT2D eigenvalue weighted by Gasteiger charge is -2.43. The molecule has 7 atom stereocenters. The molecule has 308 valence electrons. The SMILES string of the molecule is COc1ccc(C(O[C@]23C[C@@]2(F)C[C@]2(OP(OCCC#N)N(C(C)C)C(C)C)[C@@H](F)[C@H](n4cc(C)c(=O)[nH]c4=O)O[C@@H]23)(c2ccccc2)c2ccc(OC)cc2)cc1. The summed E-state index contributed by atoms with van der Waals surface area (Å²) >= 11 is 0. The molecule has 2 heterocycles. The van der Waals surface area contributed by atoms with Crippen molar-refractivity contribution in [3.8, 4) is 17.6 Å². The van der Waals surface area contributed by atoms with Gasteiger partial charge in [-0.15, -0.1) is 0 Å². The molecule has 3 aliphatic rings. The van der Waals surface area contributed by atoms with Gasteiger partial charge in [0.25, 0.3) is 14.1 Å². The predicted molar refractivity (Wildman–Crippen MR) is 213 cm³/mol. The van der Waals surface area contributed by atoms with E-state index in [1.165, 1.54) is 13.1 Å². The first-order valence-corrected chi connectivity index (χ1v) is 20.5. The zero-order valence-corrected chi connectivity index (χ0v) is 34.5. The molecule has 3 aromatic carbocycles. The third-order valence-electron chi connectivity index (χ3n) is 11.4. The highest BCUT2D eigenvalue weighted by atomic mass is 31.2. The minimum absolute atomic E-state index is 0.0207. The Morgan fingerprint density at radius 2 is 1.52 bits per heavy atom. The highest BCUT2D eigenvalue weighted by Crippen LogP contribution is 2.76. The van der Waals surface area contributed by atoms with Crippen LogP contribution in [0.1, 0.15) is 75.4 Å². The van der Waals surface area contributed by atoms with Gasteiger partial charge in [-0.3, -0.25) is 14.3 Å². The molecule has 12 nitrogen and oxygen atoms in total. The molecule has 2 saturated carbocycles. The average molecular weight is 819 g/mol. The standard InChI is InChI=1S/C43H49F2N4O8P/c1-27(2)49(28(3)4)58(54-23-11-22-46)57-41-25-40(45)26-42(40,38(41)55-37(35(41)44)48-24-29(5)36(50)47-39(48)51)56-43(30-12-9-8-10-13-30,31-14-18-33(52-6)19-15-31)32-16-20-34(53-7)21-17-32/h8-10,12-21,24,27-28,35,37-38H,11,23,25-26H2,1-7H3,(H,47,50,51)/t35-,37+,38-,40-,41-,42-,58?/m0/s1. The monoisotopic (exact) mass is 818 g/mol. The number of aryl methyl sites for hydroxylation is 1. The Balaban J connectivity index is 1.45. The van der Waals surface area contributed by atoms with Crippen LogP contribution in [0, 0.1) is 18.3 Å². The minimum Gasteiger partial charge on any atom is -0.497 e. The smallest absolute Gasteiger partial charge is 0.330 e. The van der Waals surface area contributed by atoms with Crippen molar-refractivity contribution in [1.29, 1.82) is 5.26 Å². The van der Waals surface area contributed by atoms with Crippen molar-refractivity contribution < 1.29 is 36.8 Å². The largest absolute Gasteiger partial charge is 0.497 e. The van der Waals surface area contributed by atoms with E-state index >= 15 is 8.78 Å². The second-order valence-electron chi connectivity index (χ2n) is 15.7. The highest BCUT2D eigenvalue weighted by Gasteiger charge is 2.91. The molecule has 4 aromatic rings. The van der Waals surface area contributed by atoms with Crippen LogP contribution in [0.3, 0.4) is 0 Å². The number of hydrogen-bond acceptors (Lipinski definition) is 10. The van der Waals surface area contributed by atoms with E-state index in [-0.39, 0.29) is 37.1 Å². The molecule has 1 saturated heterocycles. The number of halogens is 2. The van der Waals surface area contributed by atoms with Crippen molar-refractivity contribution in [2.24, 2.45) is 0 Å². The Labute approximate surface area is 337 Å². The number of aromatic nitrogens is 2. The van der Waals surface area contributed by atoms with Crippen LogP contribution in [0.5, 0.6) is 11.5 Å². The lowest BCUT2D eigenvalue weighted by atomic mass is 9.79. The second kappa shape index (κ2) is 15.9. The molecule has 0 spiro atoms. The van der Waals surface area contributed by atoms with Crippen LogP contribution in [0.25, 0.3) is 0 Å². The van der Waals surface area contributed by atoms with Gasteiger partial charge >= 0.3 is 5.69 Å². The van der Waals surface area contributed by atoms with Crippen molar-refractivity contribution in [3.05, 3.63) is 128 Å². The van der Waals surface area contributed by atoms with Crippen LogP contribution in [0.2, 0.25) is 0 Å². The first kappa shape index (κ1) is 41.7. The van der Waals surface area contributed by atoms with E-state index in [0.717, 1.165) is 4.57 Å². The van der Waals surface area contributed by atoms with E-state index < -0.39 is 67.2 Å². The molecular formula is C43H49F2N4O8P. The first-order chi connectivity index (χ1) is 27.7. The van der Waals surface area contributed by atoms with Crippen molar-refractivity contribution >= 4 is 8.53 Å². The van der Waals surface area contributed by atoms with Crippen LogP contribution < -0.4 is 20.7 Å². The maximum Gasteiger partial charge on any atom is 0.330 e. The van der Waals surface area contributed by atoms with Gasteiger partial charge in [0.15, 0.2) is 12.4 Å². The number of hydrogen-bond donors (Lipinski definition) is 1. The Kier molecular flexibility index (Phi) is 11.5. The summed E-state index contributed by atoms with van der Waals surface area (Å²) in [6.45, 7) is 9.23. The maximum atomic E-state index is 18.1. The molecule has 1 aromatic heterocycles. The fraction of sp³-hybridized carbons (Fsp3) is 0.465. The van der Waals surface area contributed by atoms with Crippen LogP contribution in [0.4, 0.5) is 8.78 Å². The minimum atomic E-state index is -2.17. The summed E-state index contributed by atoms with van der Waals surface area (Å²) in [5.74, 6) is 1.18. The van der Waals surface area contributed by atoms with E-state index in [1.807, 2.05) is 87.0 Å². The summed E-state index contributed by atoms with van der Waals surface area (Å²) in [7, 11) is 0.973. The van der Waals surface area contributed by atoms with E-state index in [1.54, 1.807) is 38.5 Å². The normalized spacial score (nSPS) is 26.7. The molecule has 0 amide bonds. The number of ether oxygens (including phenoxy) is 4. The zero-order valence-electron chi connectivity index (χ0n) is 33.6. The molecule has 1 aliphatic heterocycles. The summed E-state index contributed by atoms with van der Waals surface area (Å²) < 4.78 is 77.3. The first-order valence-electron chi connectivity index (χ1n) is 19.3.